The second kappa shape index (κ2) is 6.99. The van der Waals surface area contributed by atoms with Crippen LogP contribution in [0.4, 0.5) is 10.5 Å². The number of anilines is 1. The predicted octanol–water partition coefficient (Wildman–Crippen LogP) is 1.96. The van der Waals surface area contributed by atoms with Gasteiger partial charge in [0.05, 0.1) is 7.11 Å². The van der Waals surface area contributed by atoms with E-state index in [4.69, 9.17) is 4.74 Å². The molecule has 2 amide bonds. The van der Waals surface area contributed by atoms with Crippen molar-refractivity contribution >= 4 is 11.7 Å². The standard InChI is InChI=1S/C14H21N3O2/c1-19-13-7-5-11(6-8-13)17-14(18)16-10-12-4-2-3-9-15-12/h5-8,12,15H,2-4,9-10H2,1H3,(H2,16,17,18). The number of piperidine rings is 1. The third-order valence-corrected chi connectivity index (χ3v) is 3.27. The molecular formula is C14H21N3O2. The van der Waals surface area contributed by atoms with Gasteiger partial charge in [0.1, 0.15) is 5.75 Å². The van der Waals surface area contributed by atoms with Crippen molar-refractivity contribution in [1.82, 2.24) is 10.6 Å². The molecule has 0 bridgehead atoms. The van der Waals surface area contributed by atoms with Gasteiger partial charge in [0, 0.05) is 18.3 Å². The SMILES string of the molecule is COc1ccc(NC(=O)NCC2CCCCN2)cc1. The summed E-state index contributed by atoms with van der Waals surface area (Å²) in [7, 11) is 1.62. The highest BCUT2D eigenvalue weighted by Crippen LogP contribution is 2.14. The van der Waals surface area contributed by atoms with Crippen LogP contribution in [-0.2, 0) is 0 Å². The molecule has 0 aliphatic carbocycles. The van der Waals surface area contributed by atoms with Crippen LogP contribution in [0.1, 0.15) is 19.3 Å². The van der Waals surface area contributed by atoms with Crippen molar-refractivity contribution < 1.29 is 9.53 Å². The van der Waals surface area contributed by atoms with Crippen LogP contribution in [0.5, 0.6) is 5.75 Å². The van der Waals surface area contributed by atoms with E-state index in [0.717, 1.165) is 24.4 Å². The maximum atomic E-state index is 11.7. The Bertz CT molecular complexity index is 400. The second-order valence-electron chi connectivity index (χ2n) is 4.71. The van der Waals surface area contributed by atoms with Crippen molar-refractivity contribution in [3.05, 3.63) is 24.3 Å². The minimum absolute atomic E-state index is 0.169. The van der Waals surface area contributed by atoms with Crippen LogP contribution in [-0.4, -0.2) is 32.3 Å². The zero-order valence-electron chi connectivity index (χ0n) is 11.2. The Kier molecular flexibility index (Phi) is 5.03. The molecule has 19 heavy (non-hydrogen) atoms. The molecule has 1 aliphatic rings. The molecule has 2 rings (SSSR count). The van der Waals surface area contributed by atoms with Crippen LogP contribution in [0.2, 0.25) is 0 Å². The fourth-order valence-corrected chi connectivity index (χ4v) is 2.16. The van der Waals surface area contributed by atoms with Gasteiger partial charge in [-0.25, -0.2) is 4.79 Å². The Balaban J connectivity index is 1.73. The van der Waals surface area contributed by atoms with Gasteiger partial charge < -0.3 is 20.7 Å². The fourth-order valence-electron chi connectivity index (χ4n) is 2.16. The monoisotopic (exact) mass is 263 g/mol. The van der Waals surface area contributed by atoms with E-state index in [0.29, 0.717) is 12.6 Å². The fraction of sp³-hybridized carbons (Fsp3) is 0.500. The third kappa shape index (κ3) is 4.44. The lowest BCUT2D eigenvalue weighted by atomic mass is 10.1. The number of methoxy groups -OCH3 is 1. The molecule has 0 saturated carbocycles. The molecule has 5 nitrogen and oxygen atoms in total. The molecular weight excluding hydrogens is 242 g/mol. The van der Waals surface area contributed by atoms with Crippen molar-refractivity contribution in [2.45, 2.75) is 25.3 Å². The summed E-state index contributed by atoms with van der Waals surface area (Å²) in [5.41, 5.74) is 0.759. The topological polar surface area (TPSA) is 62.4 Å². The molecule has 1 unspecified atom stereocenters. The van der Waals surface area contributed by atoms with E-state index in [9.17, 15) is 4.79 Å². The Morgan fingerprint density at radius 1 is 1.37 bits per heavy atom. The molecule has 1 aromatic carbocycles. The summed E-state index contributed by atoms with van der Waals surface area (Å²) in [5.74, 6) is 0.775. The Morgan fingerprint density at radius 2 is 2.16 bits per heavy atom. The Morgan fingerprint density at radius 3 is 2.79 bits per heavy atom. The van der Waals surface area contributed by atoms with Gasteiger partial charge in [-0.2, -0.15) is 0 Å². The highest BCUT2D eigenvalue weighted by molar-refractivity contribution is 5.89. The second-order valence-corrected chi connectivity index (χ2v) is 4.71. The van der Waals surface area contributed by atoms with Crippen molar-refractivity contribution in [1.29, 1.82) is 0 Å². The summed E-state index contributed by atoms with van der Waals surface area (Å²) in [5, 5.41) is 9.08. The Labute approximate surface area is 113 Å². The number of carbonyl (C=O) groups excluding carboxylic acids is 1. The summed E-state index contributed by atoms with van der Waals surface area (Å²) < 4.78 is 5.06. The minimum Gasteiger partial charge on any atom is -0.497 e. The number of rotatable bonds is 4. The number of nitrogens with one attached hydrogen (secondary N) is 3. The van der Waals surface area contributed by atoms with E-state index in [1.54, 1.807) is 7.11 Å². The van der Waals surface area contributed by atoms with Crippen molar-refractivity contribution in [3.8, 4) is 5.75 Å². The lowest BCUT2D eigenvalue weighted by Crippen LogP contribution is -2.44. The number of ether oxygens (including phenoxy) is 1. The molecule has 104 valence electrons. The van der Waals surface area contributed by atoms with Gasteiger partial charge in [-0.1, -0.05) is 6.42 Å². The van der Waals surface area contributed by atoms with Gasteiger partial charge in [0.2, 0.25) is 0 Å². The zero-order valence-corrected chi connectivity index (χ0v) is 11.2. The van der Waals surface area contributed by atoms with Crippen molar-refractivity contribution in [2.24, 2.45) is 0 Å². The molecule has 0 aromatic heterocycles. The average Bonchev–Trinajstić information content (AvgIpc) is 2.47. The van der Waals surface area contributed by atoms with E-state index < -0.39 is 0 Å². The molecule has 0 radical (unpaired) electrons. The molecule has 1 saturated heterocycles. The summed E-state index contributed by atoms with van der Waals surface area (Å²) in [4.78, 5) is 11.7. The summed E-state index contributed by atoms with van der Waals surface area (Å²) in [6.07, 6.45) is 3.59. The lowest BCUT2D eigenvalue weighted by Gasteiger charge is -2.23. The van der Waals surface area contributed by atoms with Gasteiger partial charge in [0.25, 0.3) is 0 Å². The van der Waals surface area contributed by atoms with Crippen LogP contribution < -0.4 is 20.7 Å². The average molecular weight is 263 g/mol. The lowest BCUT2D eigenvalue weighted by molar-refractivity contribution is 0.249. The largest absolute Gasteiger partial charge is 0.497 e. The summed E-state index contributed by atoms with van der Waals surface area (Å²) in [6, 6.07) is 7.50. The normalized spacial score (nSPS) is 18.7. The number of amides is 2. The van der Waals surface area contributed by atoms with E-state index in [2.05, 4.69) is 16.0 Å². The van der Waals surface area contributed by atoms with Gasteiger partial charge in [-0.3, -0.25) is 0 Å². The van der Waals surface area contributed by atoms with E-state index in [-0.39, 0.29) is 6.03 Å². The number of hydrogen-bond acceptors (Lipinski definition) is 3. The molecule has 0 spiro atoms. The first kappa shape index (κ1) is 13.7. The van der Waals surface area contributed by atoms with Crippen molar-refractivity contribution in [2.75, 3.05) is 25.5 Å². The van der Waals surface area contributed by atoms with Gasteiger partial charge in [0.15, 0.2) is 0 Å². The van der Waals surface area contributed by atoms with Crippen molar-refractivity contribution in [3.63, 3.8) is 0 Å². The van der Waals surface area contributed by atoms with E-state index in [1.807, 2.05) is 24.3 Å². The maximum absolute atomic E-state index is 11.7. The molecule has 5 heteroatoms. The van der Waals surface area contributed by atoms with Crippen LogP contribution in [0.15, 0.2) is 24.3 Å². The van der Waals surface area contributed by atoms with Gasteiger partial charge in [-0.15, -0.1) is 0 Å². The first-order chi connectivity index (χ1) is 9.28. The van der Waals surface area contributed by atoms with E-state index in [1.165, 1.54) is 12.8 Å². The highest BCUT2D eigenvalue weighted by Gasteiger charge is 2.13. The number of benzene rings is 1. The van der Waals surface area contributed by atoms with Gasteiger partial charge in [-0.05, 0) is 43.7 Å². The highest BCUT2D eigenvalue weighted by atomic mass is 16.5. The molecule has 1 aromatic rings. The summed E-state index contributed by atoms with van der Waals surface area (Å²) in [6.45, 7) is 1.72. The first-order valence-electron chi connectivity index (χ1n) is 6.70. The number of hydrogen-bond donors (Lipinski definition) is 3. The molecule has 1 aliphatic heterocycles. The summed E-state index contributed by atoms with van der Waals surface area (Å²) >= 11 is 0. The predicted molar refractivity (Wildman–Crippen MR) is 75.7 cm³/mol. The zero-order chi connectivity index (χ0) is 13.5. The van der Waals surface area contributed by atoms with Crippen LogP contribution in [0.3, 0.4) is 0 Å². The first-order valence-corrected chi connectivity index (χ1v) is 6.70. The number of urea groups is 1. The molecule has 1 atom stereocenters. The quantitative estimate of drug-likeness (QED) is 0.778. The van der Waals surface area contributed by atoms with Crippen LogP contribution >= 0.6 is 0 Å². The van der Waals surface area contributed by atoms with Crippen LogP contribution in [0, 0.1) is 0 Å². The molecule has 1 fully saturated rings. The molecule has 3 N–H and O–H groups in total. The van der Waals surface area contributed by atoms with Gasteiger partial charge >= 0.3 is 6.03 Å². The van der Waals surface area contributed by atoms with Crippen LogP contribution in [0.25, 0.3) is 0 Å². The maximum Gasteiger partial charge on any atom is 0.319 e. The third-order valence-electron chi connectivity index (χ3n) is 3.27. The Hall–Kier alpha value is -1.75. The number of carbonyl (C=O) groups is 1. The minimum atomic E-state index is -0.169. The molecule has 1 heterocycles. The van der Waals surface area contributed by atoms with E-state index >= 15 is 0 Å². The smallest absolute Gasteiger partial charge is 0.319 e.